The van der Waals surface area contributed by atoms with E-state index in [1.165, 1.54) is 5.56 Å². The predicted octanol–water partition coefficient (Wildman–Crippen LogP) is 5.19. The molecule has 7 heteroatoms. The van der Waals surface area contributed by atoms with Crippen molar-refractivity contribution in [2.45, 2.75) is 32.4 Å². The van der Waals surface area contributed by atoms with E-state index in [2.05, 4.69) is 17.1 Å². The maximum absolute atomic E-state index is 12.7. The fourth-order valence-electron chi connectivity index (χ4n) is 3.55. The molecule has 1 aliphatic heterocycles. The van der Waals surface area contributed by atoms with Crippen LogP contribution < -0.4 is 0 Å². The highest BCUT2D eigenvalue weighted by Crippen LogP contribution is 2.29. The zero-order valence-corrected chi connectivity index (χ0v) is 16.9. The standard InChI is InChI=1S/C23H25F3N2O2/c1-2-30-22(27-21(29)19-8-10-20(11-9-19)23(24,25)26)28-14-12-18(13-15-28)16-17-6-4-3-5-7-17/h3-11,18H,2,12-16H2,1H3. The topological polar surface area (TPSA) is 41.9 Å². The molecule has 1 saturated heterocycles. The number of likely N-dealkylation sites (tertiary alicyclic amines) is 1. The lowest BCUT2D eigenvalue weighted by Gasteiger charge is -2.33. The molecule has 1 amide bonds. The lowest BCUT2D eigenvalue weighted by Crippen LogP contribution is -2.40. The largest absolute Gasteiger partial charge is 0.465 e. The zero-order valence-electron chi connectivity index (χ0n) is 16.9. The van der Waals surface area contributed by atoms with Gasteiger partial charge in [-0.05, 0) is 61.9 Å². The fraction of sp³-hybridized carbons (Fsp3) is 0.391. The molecule has 0 bridgehead atoms. The van der Waals surface area contributed by atoms with E-state index >= 15 is 0 Å². The summed E-state index contributed by atoms with van der Waals surface area (Å²) in [5.41, 5.74) is 0.611. The molecule has 0 unspecified atom stereocenters. The van der Waals surface area contributed by atoms with Gasteiger partial charge < -0.3 is 9.64 Å². The first-order valence-corrected chi connectivity index (χ1v) is 10.1. The van der Waals surface area contributed by atoms with Gasteiger partial charge in [-0.25, -0.2) is 0 Å². The van der Waals surface area contributed by atoms with Crippen LogP contribution in [-0.4, -0.2) is 36.5 Å². The number of amides is 1. The van der Waals surface area contributed by atoms with Crippen molar-refractivity contribution in [3.63, 3.8) is 0 Å². The Morgan fingerprint density at radius 3 is 2.27 bits per heavy atom. The number of piperidine rings is 1. The molecule has 1 fully saturated rings. The third kappa shape index (κ3) is 5.84. The summed E-state index contributed by atoms with van der Waals surface area (Å²) < 4.78 is 43.7. The number of carbonyl (C=O) groups excluding carboxylic acids is 1. The van der Waals surface area contributed by atoms with Crippen molar-refractivity contribution < 1.29 is 22.7 Å². The number of halogens is 3. The second-order valence-corrected chi connectivity index (χ2v) is 7.33. The predicted molar refractivity (Wildman–Crippen MR) is 109 cm³/mol. The molecule has 4 nitrogen and oxygen atoms in total. The fourth-order valence-corrected chi connectivity index (χ4v) is 3.55. The first-order valence-electron chi connectivity index (χ1n) is 10.1. The lowest BCUT2D eigenvalue weighted by atomic mass is 9.90. The van der Waals surface area contributed by atoms with Crippen LogP contribution in [0.25, 0.3) is 0 Å². The Labute approximate surface area is 174 Å². The van der Waals surface area contributed by atoms with Crippen LogP contribution in [0.1, 0.15) is 41.3 Å². The maximum atomic E-state index is 12.7. The van der Waals surface area contributed by atoms with E-state index in [9.17, 15) is 18.0 Å². The van der Waals surface area contributed by atoms with E-state index in [-0.39, 0.29) is 11.6 Å². The van der Waals surface area contributed by atoms with E-state index in [4.69, 9.17) is 4.74 Å². The first kappa shape index (κ1) is 21.9. The Morgan fingerprint density at radius 2 is 1.70 bits per heavy atom. The van der Waals surface area contributed by atoms with Gasteiger partial charge in [-0.2, -0.15) is 18.2 Å². The molecule has 2 aromatic rings. The van der Waals surface area contributed by atoms with E-state index < -0.39 is 17.6 Å². The third-order valence-electron chi connectivity index (χ3n) is 5.18. The van der Waals surface area contributed by atoms with Crippen molar-refractivity contribution in [1.82, 2.24) is 4.90 Å². The van der Waals surface area contributed by atoms with Crippen LogP contribution in [-0.2, 0) is 17.3 Å². The molecule has 160 valence electrons. The summed E-state index contributed by atoms with van der Waals surface area (Å²) in [4.78, 5) is 18.5. The van der Waals surface area contributed by atoms with Gasteiger partial charge in [-0.1, -0.05) is 30.3 Å². The Balaban J connectivity index is 1.63. The van der Waals surface area contributed by atoms with Crippen molar-refractivity contribution in [2.24, 2.45) is 10.9 Å². The van der Waals surface area contributed by atoms with Gasteiger partial charge in [0.25, 0.3) is 11.9 Å². The van der Waals surface area contributed by atoms with Crippen molar-refractivity contribution in [3.05, 3.63) is 71.3 Å². The molecule has 0 aliphatic carbocycles. The zero-order chi connectivity index (χ0) is 21.6. The molecule has 0 saturated carbocycles. The number of ether oxygens (including phenoxy) is 1. The number of carbonyl (C=O) groups is 1. The lowest BCUT2D eigenvalue weighted by molar-refractivity contribution is -0.137. The minimum absolute atomic E-state index is 0.0965. The number of rotatable bonds is 4. The van der Waals surface area contributed by atoms with Gasteiger partial charge in [0.2, 0.25) is 0 Å². The molecule has 0 spiro atoms. The van der Waals surface area contributed by atoms with Gasteiger partial charge >= 0.3 is 6.18 Å². The normalized spacial score (nSPS) is 15.9. The Kier molecular flexibility index (Phi) is 7.13. The monoisotopic (exact) mass is 418 g/mol. The number of aliphatic imine (C=N–C) groups is 1. The first-order chi connectivity index (χ1) is 14.4. The molecule has 2 aromatic carbocycles. The van der Waals surface area contributed by atoms with Gasteiger partial charge in [0, 0.05) is 18.7 Å². The summed E-state index contributed by atoms with van der Waals surface area (Å²) in [6.07, 6.45) is -1.52. The summed E-state index contributed by atoms with van der Waals surface area (Å²) >= 11 is 0. The number of benzene rings is 2. The molecule has 0 aromatic heterocycles. The summed E-state index contributed by atoms with van der Waals surface area (Å²) in [7, 11) is 0. The van der Waals surface area contributed by atoms with E-state index in [0.29, 0.717) is 12.5 Å². The minimum atomic E-state index is -4.44. The van der Waals surface area contributed by atoms with Crippen LogP contribution in [0.5, 0.6) is 0 Å². The van der Waals surface area contributed by atoms with Crippen LogP contribution in [0.3, 0.4) is 0 Å². The Hall–Kier alpha value is -2.83. The molecular weight excluding hydrogens is 393 g/mol. The number of hydrogen-bond acceptors (Lipinski definition) is 2. The Morgan fingerprint density at radius 1 is 1.07 bits per heavy atom. The van der Waals surface area contributed by atoms with Gasteiger partial charge in [-0.3, -0.25) is 4.79 Å². The van der Waals surface area contributed by atoms with Crippen molar-refractivity contribution in [3.8, 4) is 0 Å². The average Bonchev–Trinajstić information content (AvgIpc) is 2.74. The maximum Gasteiger partial charge on any atom is 0.416 e. The second-order valence-electron chi connectivity index (χ2n) is 7.33. The molecule has 1 aliphatic rings. The van der Waals surface area contributed by atoms with Crippen LogP contribution >= 0.6 is 0 Å². The van der Waals surface area contributed by atoms with Crippen molar-refractivity contribution in [1.29, 1.82) is 0 Å². The van der Waals surface area contributed by atoms with Crippen LogP contribution in [0.15, 0.2) is 59.6 Å². The summed E-state index contributed by atoms with van der Waals surface area (Å²) in [6.45, 7) is 3.59. The van der Waals surface area contributed by atoms with E-state index in [1.807, 2.05) is 23.1 Å². The molecule has 30 heavy (non-hydrogen) atoms. The van der Waals surface area contributed by atoms with Crippen molar-refractivity contribution >= 4 is 11.9 Å². The van der Waals surface area contributed by atoms with Gasteiger partial charge in [0.05, 0.1) is 12.2 Å². The number of alkyl halides is 3. The summed E-state index contributed by atoms with van der Waals surface area (Å²) in [5, 5.41) is 0. The molecule has 3 rings (SSSR count). The quantitative estimate of drug-likeness (QED) is 0.507. The van der Waals surface area contributed by atoms with Gasteiger partial charge in [0.15, 0.2) is 0 Å². The number of amidine groups is 1. The van der Waals surface area contributed by atoms with Crippen LogP contribution in [0.2, 0.25) is 0 Å². The molecule has 0 radical (unpaired) electrons. The summed E-state index contributed by atoms with van der Waals surface area (Å²) in [5.74, 6) is -0.0595. The SMILES string of the molecule is CCOC(=NC(=O)c1ccc(C(F)(F)F)cc1)N1CCC(Cc2ccccc2)CC1. The van der Waals surface area contributed by atoms with Crippen LogP contribution in [0, 0.1) is 5.92 Å². The minimum Gasteiger partial charge on any atom is -0.465 e. The summed E-state index contributed by atoms with van der Waals surface area (Å²) in [6, 6.07) is 14.6. The molecule has 1 heterocycles. The van der Waals surface area contributed by atoms with Gasteiger partial charge in [0.1, 0.15) is 0 Å². The van der Waals surface area contributed by atoms with Gasteiger partial charge in [-0.15, -0.1) is 0 Å². The Bertz CT molecular complexity index is 856. The second kappa shape index (κ2) is 9.78. The third-order valence-corrected chi connectivity index (χ3v) is 5.18. The average molecular weight is 418 g/mol. The molecular formula is C23H25F3N2O2. The molecule has 0 N–H and O–H groups in total. The van der Waals surface area contributed by atoms with Crippen LogP contribution in [0.4, 0.5) is 13.2 Å². The number of nitrogens with zero attached hydrogens (tertiary/aromatic N) is 2. The smallest absolute Gasteiger partial charge is 0.416 e. The molecule has 0 atom stereocenters. The van der Waals surface area contributed by atoms with E-state index in [1.54, 1.807) is 6.92 Å². The van der Waals surface area contributed by atoms with Crippen molar-refractivity contribution in [2.75, 3.05) is 19.7 Å². The van der Waals surface area contributed by atoms with E-state index in [0.717, 1.165) is 56.6 Å². The highest BCUT2D eigenvalue weighted by molar-refractivity contribution is 6.01. The highest BCUT2D eigenvalue weighted by atomic mass is 19.4. The highest BCUT2D eigenvalue weighted by Gasteiger charge is 2.30. The number of hydrogen-bond donors (Lipinski definition) is 0.